The van der Waals surface area contributed by atoms with Crippen molar-refractivity contribution in [2.24, 2.45) is 17.8 Å². The van der Waals surface area contributed by atoms with E-state index in [9.17, 15) is 18.0 Å². The molecule has 0 bridgehead atoms. The van der Waals surface area contributed by atoms with Crippen LogP contribution in [0.1, 0.15) is 32.6 Å². The summed E-state index contributed by atoms with van der Waals surface area (Å²) in [6, 6.07) is 0. The second kappa shape index (κ2) is 6.05. The van der Waals surface area contributed by atoms with Crippen molar-refractivity contribution in [2.45, 2.75) is 37.9 Å². The number of rotatable bonds is 4. The summed E-state index contributed by atoms with van der Waals surface area (Å²) >= 11 is 0. The van der Waals surface area contributed by atoms with Gasteiger partial charge >= 0.3 is 5.97 Å². The van der Waals surface area contributed by atoms with Crippen LogP contribution in [-0.2, 0) is 19.6 Å². The van der Waals surface area contributed by atoms with Gasteiger partial charge in [0.2, 0.25) is 15.9 Å². The van der Waals surface area contributed by atoms with E-state index in [0.717, 1.165) is 25.7 Å². The Morgan fingerprint density at radius 2 is 1.65 bits per heavy atom. The zero-order valence-electron chi connectivity index (χ0n) is 13.3. The first kappa shape index (κ1) is 16.7. The van der Waals surface area contributed by atoms with E-state index in [2.05, 4.69) is 0 Å². The minimum absolute atomic E-state index is 0.0475. The van der Waals surface area contributed by atoms with Crippen LogP contribution in [0.2, 0.25) is 0 Å². The highest BCUT2D eigenvalue weighted by Gasteiger charge is 2.48. The van der Waals surface area contributed by atoms with E-state index >= 15 is 0 Å². The van der Waals surface area contributed by atoms with Gasteiger partial charge in [0.15, 0.2) is 0 Å². The van der Waals surface area contributed by atoms with E-state index in [-0.39, 0.29) is 43.9 Å². The van der Waals surface area contributed by atoms with Crippen LogP contribution in [0, 0.1) is 17.8 Å². The minimum Gasteiger partial charge on any atom is -0.481 e. The first-order valence-corrected chi connectivity index (χ1v) is 9.81. The van der Waals surface area contributed by atoms with E-state index < -0.39 is 27.2 Å². The Morgan fingerprint density at radius 3 is 2.17 bits per heavy atom. The van der Waals surface area contributed by atoms with Crippen LogP contribution in [-0.4, -0.2) is 66.0 Å². The molecule has 7 nitrogen and oxygen atoms in total. The molecule has 0 unspecified atom stereocenters. The number of hydrogen-bond acceptors (Lipinski definition) is 4. The van der Waals surface area contributed by atoms with Crippen LogP contribution >= 0.6 is 0 Å². The van der Waals surface area contributed by atoms with Crippen LogP contribution in [0.25, 0.3) is 0 Å². The molecule has 0 aromatic rings. The third kappa shape index (κ3) is 2.98. The molecule has 0 aromatic carbocycles. The molecule has 23 heavy (non-hydrogen) atoms. The third-order valence-corrected chi connectivity index (χ3v) is 7.70. The van der Waals surface area contributed by atoms with Gasteiger partial charge in [0.1, 0.15) is 5.25 Å². The number of nitrogens with zero attached hydrogens (tertiary/aromatic N) is 2. The minimum atomic E-state index is -3.52. The summed E-state index contributed by atoms with van der Waals surface area (Å²) in [5.41, 5.74) is 0. The lowest BCUT2D eigenvalue weighted by atomic mass is 9.99. The molecule has 8 heteroatoms. The van der Waals surface area contributed by atoms with E-state index in [4.69, 9.17) is 5.11 Å². The largest absolute Gasteiger partial charge is 0.481 e. The fourth-order valence-electron chi connectivity index (χ4n) is 3.90. The Labute approximate surface area is 136 Å². The van der Waals surface area contributed by atoms with Gasteiger partial charge in [-0.2, -0.15) is 0 Å². The lowest BCUT2D eigenvalue weighted by Crippen LogP contribution is -2.60. The standard InChI is InChI=1S/C15H24N2O5S/c1-10-6-17(9-13(10)15(19)20)23(21,22)12-7-16(8-12)14(18)11-4-2-3-5-11/h10-13H,2-9H2,1H3,(H,19,20)/t10-,13-/m1/s1. The molecule has 2 saturated heterocycles. The Balaban J connectivity index is 1.58. The van der Waals surface area contributed by atoms with Gasteiger partial charge in [-0.1, -0.05) is 19.8 Å². The highest BCUT2D eigenvalue weighted by Crippen LogP contribution is 2.32. The first-order chi connectivity index (χ1) is 10.8. The number of carbonyl (C=O) groups excluding carboxylic acids is 1. The lowest BCUT2D eigenvalue weighted by molar-refractivity contribution is -0.142. The summed E-state index contributed by atoms with van der Waals surface area (Å²) in [5.74, 6) is -1.60. The molecule has 1 amide bonds. The summed E-state index contributed by atoms with van der Waals surface area (Å²) in [5, 5.41) is 8.56. The predicted octanol–water partition coefficient (Wildman–Crippen LogP) is 0.370. The van der Waals surface area contributed by atoms with Crippen molar-refractivity contribution in [1.29, 1.82) is 0 Å². The molecule has 1 aliphatic carbocycles. The molecule has 0 spiro atoms. The molecule has 1 saturated carbocycles. The summed E-state index contributed by atoms with van der Waals surface area (Å²) in [6.45, 7) is 2.57. The van der Waals surface area contributed by atoms with E-state index in [1.807, 2.05) is 0 Å². The topological polar surface area (TPSA) is 95.0 Å². The zero-order valence-corrected chi connectivity index (χ0v) is 14.2. The molecule has 2 atom stereocenters. The van der Waals surface area contributed by atoms with Gasteiger partial charge in [-0.15, -0.1) is 0 Å². The van der Waals surface area contributed by atoms with Crippen LogP contribution in [0.3, 0.4) is 0 Å². The van der Waals surface area contributed by atoms with Crippen LogP contribution in [0.15, 0.2) is 0 Å². The lowest BCUT2D eigenvalue weighted by Gasteiger charge is -2.41. The van der Waals surface area contributed by atoms with Gasteiger partial charge < -0.3 is 10.0 Å². The first-order valence-electron chi connectivity index (χ1n) is 8.31. The van der Waals surface area contributed by atoms with Crippen molar-refractivity contribution in [3.63, 3.8) is 0 Å². The van der Waals surface area contributed by atoms with Gasteiger partial charge in [0.05, 0.1) is 5.92 Å². The molecular formula is C15H24N2O5S. The third-order valence-electron chi connectivity index (χ3n) is 5.54. The van der Waals surface area contributed by atoms with Gasteiger partial charge in [-0.3, -0.25) is 9.59 Å². The Hall–Kier alpha value is -1.15. The van der Waals surface area contributed by atoms with Gasteiger partial charge in [-0.05, 0) is 18.8 Å². The highest BCUT2D eigenvalue weighted by molar-refractivity contribution is 7.89. The number of carboxylic acid groups (broad SMARTS) is 1. The fourth-order valence-corrected chi connectivity index (χ4v) is 5.87. The monoisotopic (exact) mass is 344 g/mol. The smallest absolute Gasteiger partial charge is 0.308 e. The molecule has 0 radical (unpaired) electrons. The molecule has 3 fully saturated rings. The molecule has 3 aliphatic rings. The second-order valence-electron chi connectivity index (χ2n) is 7.13. The van der Waals surface area contributed by atoms with Crippen molar-refractivity contribution >= 4 is 21.9 Å². The normalized spacial score (nSPS) is 30.6. The number of likely N-dealkylation sites (tertiary alicyclic amines) is 1. The Morgan fingerprint density at radius 1 is 1.04 bits per heavy atom. The van der Waals surface area contributed by atoms with Gasteiger partial charge in [0.25, 0.3) is 0 Å². The molecule has 2 heterocycles. The van der Waals surface area contributed by atoms with Crippen LogP contribution in [0.5, 0.6) is 0 Å². The summed E-state index contributed by atoms with van der Waals surface area (Å²) in [6.07, 6.45) is 3.98. The number of aliphatic carboxylic acids is 1. The highest BCUT2D eigenvalue weighted by atomic mass is 32.2. The van der Waals surface area contributed by atoms with Crippen molar-refractivity contribution < 1.29 is 23.1 Å². The fraction of sp³-hybridized carbons (Fsp3) is 0.867. The number of carbonyl (C=O) groups is 2. The maximum absolute atomic E-state index is 12.6. The predicted molar refractivity (Wildman–Crippen MR) is 83.1 cm³/mol. The number of hydrogen-bond donors (Lipinski definition) is 1. The van der Waals surface area contributed by atoms with Gasteiger partial charge in [-0.25, -0.2) is 12.7 Å². The van der Waals surface area contributed by atoms with Gasteiger partial charge in [0, 0.05) is 32.1 Å². The molecule has 1 N–H and O–H groups in total. The Bertz CT molecular complexity index is 593. The number of carboxylic acids is 1. The summed E-state index contributed by atoms with van der Waals surface area (Å²) < 4.78 is 26.5. The average Bonchev–Trinajstić information content (AvgIpc) is 3.05. The summed E-state index contributed by atoms with van der Waals surface area (Å²) in [4.78, 5) is 25.1. The van der Waals surface area contributed by atoms with E-state index in [0.29, 0.717) is 0 Å². The molecular weight excluding hydrogens is 320 g/mol. The van der Waals surface area contributed by atoms with Crippen molar-refractivity contribution in [1.82, 2.24) is 9.21 Å². The summed E-state index contributed by atoms with van der Waals surface area (Å²) in [7, 11) is -3.52. The molecule has 0 aromatic heterocycles. The Kier molecular flexibility index (Phi) is 4.39. The quantitative estimate of drug-likeness (QED) is 0.795. The zero-order chi connectivity index (χ0) is 16.8. The second-order valence-corrected chi connectivity index (χ2v) is 9.34. The number of sulfonamides is 1. The van der Waals surface area contributed by atoms with E-state index in [1.54, 1.807) is 11.8 Å². The maximum Gasteiger partial charge on any atom is 0.308 e. The van der Waals surface area contributed by atoms with Crippen LogP contribution in [0.4, 0.5) is 0 Å². The van der Waals surface area contributed by atoms with Crippen LogP contribution < -0.4 is 0 Å². The van der Waals surface area contributed by atoms with E-state index in [1.165, 1.54) is 4.31 Å². The van der Waals surface area contributed by atoms with Crippen molar-refractivity contribution in [2.75, 3.05) is 26.2 Å². The SMILES string of the molecule is C[C@@H]1CN(S(=O)(=O)C2CN(C(=O)C3CCCC3)C2)C[C@H]1C(=O)O. The molecule has 3 rings (SSSR count). The average molecular weight is 344 g/mol. The maximum atomic E-state index is 12.6. The molecule has 130 valence electrons. The molecule has 2 aliphatic heterocycles. The van der Waals surface area contributed by atoms with Crippen molar-refractivity contribution in [3.05, 3.63) is 0 Å². The van der Waals surface area contributed by atoms with Crippen molar-refractivity contribution in [3.8, 4) is 0 Å². The number of amides is 1.